The number of methoxy groups -OCH3 is 1. The number of phenols is 1. The molecule has 0 amide bonds. The summed E-state index contributed by atoms with van der Waals surface area (Å²) in [7, 11) is 1.52. The van der Waals surface area contributed by atoms with E-state index in [0.29, 0.717) is 5.75 Å². The average Bonchev–Trinajstić information content (AvgIpc) is 2.21. The second-order valence-electron chi connectivity index (χ2n) is 3.44. The van der Waals surface area contributed by atoms with Crippen molar-refractivity contribution in [2.75, 3.05) is 7.11 Å². The highest BCUT2D eigenvalue weighted by Crippen LogP contribution is 2.37. The molecule has 0 aliphatic heterocycles. The van der Waals surface area contributed by atoms with Gasteiger partial charge >= 0.3 is 0 Å². The second kappa shape index (κ2) is 5.37. The van der Waals surface area contributed by atoms with Gasteiger partial charge in [0.25, 0.3) is 0 Å². The molecule has 84 valence electrons. The topological polar surface area (TPSA) is 55.5 Å². The summed E-state index contributed by atoms with van der Waals surface area (Å²) in [4.78, 5) is 0. The minimum atomic E-state index is -0.151. The van der Waals surface area contributed by atoms with Gasteiger partial charge in [-0.15, -0.1) is 0 Å². The molecule has 0 bridgehead atoms. The standard InChI is InChI=1S/C11H16BrNO2/c1-3-4-9(13)8-5-7(12)6-10(15-2)11(8)14/h5-6,9,14H,3-4,13H2,1-2H3/t9-/m1/s1. The molecule has 0 aromatic heterocycles. The van der Waals surface area contributed by atoms with E-state index in [0.717, 1.165) is 22.9 Å². The van der Waals surface area contributed by atoms with Crippen molar-refractivity contribution < 1.29 is 9.84 Å². The third-order valence-electron chi connectivity index (χ3n) is 2.29. The van der Waals surface area contributed by atoms with Gasteiger partial charge in [0.1, 0.15) is 0 Å². The quantitative estimate of drug-likeness (QED) is 0.887. The first kappa shape index (κ1) is 12.3. The maximum Gasteiger partial charge on any atom is 0.162 e. The molecule has 0 saturated heterocycles. The molecule has 3 N–H and O–H groups in total. The molecule has 0 aliphatic rings. The minimum absolute atomic E-state index is 0.140. The number of phenolic OH excluding ortho intramolecular Hbond substituents is 1. The summed E-state index contributed by atoms with van der Waals surface area (Å²) in [5, 5.41) is 9.88. The lowest BCUT2D eigenvalue weighted by molar-refractivity contribution is 0.367. The van der Waals surface area contributed by atoms with Crippen molar-refractivity contribution in [3.05, 3.63) is 22.2 Å². The van der Waals surface area contributed by atoms with Gasteiger partial charge in [0.2, 0.25) is 0 Å². The van der Waals surface area contributed by atoms with Crippen molar-refractivity contribution in [3.63, 3.8) is 0 Å². The van der Waals surface area contributed by atoms with Gasteiger partial charge in [-0.1, -0.05) is 29.3 Å². The molecule has 0 aliphatic carbocycles. The Labute approximate surface area is 98.4 Å². The van der Waals surface area contributed by atoms with Crippen molar-refractivity contribution in [3.8, 4) is 11.5 Å². The highest BCUT2D eigenvalue weighted by atomic mass is 79.9. The molecule has 15 heavy (non-hydrogen) atoms. The zero-order valence-electron chi connectivity index (χ0n) is 8.96. The fraction of sp³-hybridized carbons (Fsp3) is 0.455. The van der Waals surface area contributed by atoms with Gasteiger partial charge in [-0.05, 0) is 18.6 Å². The van der Waals surface area contributed by atoms with Crippen molar-refractivity contribution in [1.82, 2.24) is 0 Å². The molecular formula is C11H16BrNO2. The molecule has 3 nitrogen and oxygen atoms in total. The van der Waals surface area contributed by atoms with Gasteiger partial charge in [-0.3, -0.25) is 0 Å². The zero-order valence-corrected chi connectivity index (χ0v) is 10.5. The molecule has 4 heteroatoms. The van der Waals surface area contributed by atoms with Crippen LogP contribution in [-0.4, -0.2) is 12.2 Å². The zero-order chi connectivity index (χ0) is 11.4. The van der Waals surface area contributed by atoms with Gasteiger partial charge < -0.3 is 15.6 Å². The van der Waals surface area contributed by atoms with E-state index in [-0.39, 0.29) is 11.8 Å². The van der Waals surface area contributed by atoms with Crippen LogP contribution in [0.5, 0.6) is 11.5 Å². The normalized spacial score (nSPS) is 12.5. The molecule has 0 radical (unpaired) electrons. The molecule has 0 heterocycles. The van der Waals surface area contributed by atoms with Gasteiger partial charge in [0, 0.05) is 16.1 Å². The van der Waals surface area contributed by atoms with E-state index in [1.807, 2.05) is 6.07 Å². The highest BCUT2D eigenvalue weighted by molar-refractivity contribution is 9.10. The number of hydrogen-bond donors (Lipinski definition) is 2. The number of nitrogens with two attached hydrogens (primary N) is 1. The van der Waals surface area contributed by atoms with Crippen LogP contribution < -0.4 is 10.5 Å². The van der Waals surface area contributed by atoms with Crippen LogP contribution in [0.15, 0.2) is 16.6 Å². The maximum atomic E-state index is 9.88. The van der Waals surface area contributed by atoms with Crippen LogP contribution in [0.25, 0.3) is 0 Å². The van der Waals surface area contributed by atoms with Crippen molar-refractivity contribution in [2.45, 2.75) is 25.8 Å². The van der Waals surface area contributed by atoms with E-state index in [4.69, 9.17) is 10.5 Å². The summed E-state index contributed by atoms with van der Waals surface area (Å²) < 4.78 is 5.92. The van der Waals surface area contributed by atoms with E-state index in [1.165, 1.54) is 7.11 Å². The predicted molar refractivity (Wildman–Crippen MR) is 64.2 cm³/mol. The molecule has 1 aromatic carbocycles. The van der Waals surface area contributed by atoms with E-state index >= 15 is 0 Å². The number of benzene rings is 1. The van der Waals surface area contributed by atoms with Crippen molar-refractivity contribution >= 4 is 15.9 Å². The second-order valence-corrected chi connectivity index (χ2v) is 4.36. The van der Waals surface area contributed by atoms with Crippen LogP contribution >= 0.6 is 15.9 Å². The summed E-state index contributed by atoms with van der Waals surface area (Å²) >= 11 is 3.36. The van der Waals surface area contributed by atoms with E-state index < -0.39 is 0 Å². The molecule has 1 rings (SSSR count). The molecule has 0 fully saturated rings. The Morgan fingerprint density at radius 3 is 2.73 bits per heavy atom. The highest BCUT2D eigenvalue weighted by Gasteiger charge is 2.15. The van der Waals surface area contributed by atoms with Crippen LogP contribution in [0.3, 0.4) is 0 Å². The number of rotatable bonds is 4. The molecule has 0 saturated carbocycles. The molecular weight excluding hydrogens is 258 g/mol. The number of aromatic hydroxyl groups is 1. The van der Waals surface area contributed by atoms with Crippen LogP contribution in [0, 0.1) is 0 Å². The first-order valence-corrected chi connectivity index (χ1v) is 5.71. The summed E-state index contributed by atoms with van der Waals surface area (Å²) in [6, 6.07) is 3.40. The Kier molecular flexibility index (Phi) is 4.42. The van der Waals surface area contributed by atoms with Crippen molar-refractivity contribution in [1.29, 1.82) is 0 Å². The van der Waals surface area contributed by atoms with Crippen LogP contribution in [0.4, 0.5) is 0 Å². The van der Waals surface area contributed by atoms with E-state index in [9.17, 15) is 5.11 Å². The maximum absolute atomic E-state index is 9.88. The molecule has 0 unspecified atom stereocenters. The number of ether oxygens (including phenoxy) is 1. The lowest BCUT2D eigenvalue weighted by atomic mass is 10.0. The van der Waals surface area contributed by atoms with Crippen LogP contribution in [-0.2, 0) is 0 Å². The third-order valence-corrected chi connectivity index (χ3v) is 2.75. The van der Waals surface area contributed by atoms with E-state index in [1.54, 1.807) is 6.07 Å². The van der Waals surface area contributed by atoms with Gasteiger partial charge in [-0.25, -0.2) is 0 Å². The summed E-state index contributed by atoms with van der Waals surface area (Å²) in [5.41, 5.74) is 6.69. The Hall–Kier alpha value is -0.740. The lowest BCUT2D eigenvalue weighted by Gasteiger charge is -2.15. The third kappa shape index (κ3) is 2.86. The van der Waals surface area contributed by atoms with Gasteiger partial charge in [0.05, 0.1) is 7.11 Å². The number of halogens is 1. The van der Waals surface area contributed by atoms with Crippen LogP contribution in [0.2, 0.25) is 0 Å². The molecule has 1 aromatic rings. The predicted octanol–water partition coefficient (Wildman–Crippen LogP) is 2.96. The Bertz CT molecular complexity index is 342. The Morgan fingerprint density at radius 1 is 1.53 bits per heavy atom. The monoisotopic (exact) mass is 273 g/mol. The van der Waals surface area contributed by atoms with Crippen molar-refractivity contribution in [2.24, 2.45) is 5.73 Å². The fourth-order valence-electron chi connectivity index (χ4n) is 1.50. The summed E-state index contributed by atoms with van der Waals surface area (Å²) in [6.07, 6.45) is 1.82. The van der Waals surface area contributed by atoms with E-state index in [2.05, 4.69) is 22.9 Å². The minimum Gasteiger partial charge on any atom is -0.504 e. The SMILES string of the molecule is CCC[C@@H](N)c1cc(Br)cc(OC)c1O. The average molecular weight is 274 g/mol. The van der Waals surface area contributed by atoms with Crippen LogP contribution in [0.1, 0.15) is 31.4 Å². The first-order valence-electron chi connectivity index (χ1n) is 4.92. The smallest absolute Gasteiger partial charge is 0.162 e. The lowest BCUT2D eigenvalue weighted by Crippen LogP contribution is -2.10. The Balaban J connectivity index is 3.11. The fourth-order valence-corrected chi connectivity index (χ4v) is 1.95. The number of hydrogen-bond acceptors (Lipinski definition) is 3. The largest absolute Gasteiger partial charge is 0.504 e. The van der Waals surface area contributed by atoms with Gasteiger partial charge in [-0.2, -0.15) is 0 Å². The summed E-state index contributed by atoms with van der Waals surface area (Å²) in [5.74, 6) is 0.590. The molecule has 1 atom stereocenters. The summed E-state index contributed by atoms with van der Waals surface area (Å²) in [6.45, 7) is 2.06. The molecule has 0 spiro atoms. The Morgan fingerprint density at radius 2 is 2.20 bits per heavy atom. The van der Waals surface area contributed by atoms with Gasteiger partial charge in [0.15, 0.2) is 11.5 Å². The first-order chi connectivity index (χ1) is 7.10.